The van der Waals surface area contributed by atoms with E-state index in [9.17, 15) is 14.4 Å². The van der Waals surface area contributed by atoms with Crippen molar-refractivity contribution >= 4 is 17.9 Å². The molecule has 1 spiro atoms. The lowest BCUT2D eigenvalue weighted by Crippen LogP contribution is -2.76. The van der Waals surface area contributed by atoms with Crippen LogP contribution >= 0.6 is 0 Å². The molecule has 3 fully saturated rings. The molecule has 0 aromatic rings. The average Bonchev–Trinajstić information content (AvgIpc) is 3.23. The quantitative estimate of drug-likeness (QED) is 0.717. The van der Waals surface area contributed by atoms with Crippen molar-refractivity contribution in [1.29, 1.82) is 0 Å². The number of carbonyl (C=O) groups excluding carboxylic acids is 3. The minimum atomic E-state index is -0.805. The zero-order valence-electron chi connectivity index (χ0n) is 16.4. The molecule has 7 heteroatoms. The Kier molecular flexibility index (Phi) is 4.92. The Morgan fingerprint density at radius 1 is 1.15 bits per heavy atom. The van der Waals surface area contributed by atoms with Crippen molar-refractivity contribution in [3.8, 4) is 0 Å². The van der Waals surface area contributed by atoms with Crippen LogP contribution in [0, 0.1) is 0 Å². The second-order valence-corrected chi connectivity index (χ2v) is 8.66. The van der Waals surface area contributed by atoms with Crippen molar-refractivity contribution in [2.75, 3.05) is 26.2 Å². The number of carbonyl (C=O) groups is 3. The second kappa shape index (κ2) is 6.74. The molecular formula is C19H31N3O4. The summed E-state index contributed by atoms with van der Waals surface area (Å²) in [6.45, 7) is 9.95. The summed E-state index contributed by atoms with van der Waals surface area (Å²) in [5, 5.41) is 0. The van der Waals surface area contributed by atoms with Gasteiger partial charge in [0.2, 0.25) is 5.91 Å². The maximum absolute atomic E-state index is 13.1. The number of hydrogen-bond donors (Lipinski definition) is 0. The molecule has 0 saturated carbocycles. The summed E-state index contributed by atoms with van der Waals surface area (Å²) in [4.78, 5) is 43.6. The highest BCUT2D eigenvalue weighted by molar-refractivity contribution is 5.99. The summed E-state index contributed by atoms with van der Waals surface area (Å²) < 4.78 is 5.49. The van der Waals surface area contributed by atoms with E-state index in [2.05, 4.69) is 0 Å². The van der Waals surface area contributed by atoms with Crippen LogP contribution in [-0.2, 0) is 14.3 Å². The van der Waals surface area contributed by atoms with Crippen molar-refractivity contribution in [2.45, 2.75) is 77.0 Å². The van der Waals surface area contributed by atoms with E-state index in [-0.39, 0.29) is 11.8 Å². The maximum atomic E-state index is 13.1. The SMILES string of the molecule is CC[C@@H](C(=O)N1CCCC1)N1CC2(CCCN2C(=O)OC(C)(C)C)C1=O. The van der Waals surface area contributed by atoms with Crippen LogP contribution in [0.15, 0.2) is 0 Å². The average molecular weight is 365 g/mol. The van der Waals surface area contributed by atoms with Gasteiger partial charge in [0.25, 0.3) is 5.91 Å². The van der Waals surface area contributed by atoms with Gasteiger partial charge in [-0.3, -0.25) is 14.5 Å². The highest BCUT2D eigenvalue weighted by Gasteiger charge is 2.62. The van der Waals surface area contributed by atoms with E-state index in [0.29, 0.717) is 25.9 Å². The third-order valence-corrected chi connectivity index (χ3v) is 5.66. The number of ether oxygens (including phenoxy) is 1. The smallest absolute Gasteiger partial charge is 0.411 e. The Hall–Kier alpha value is -1.79. The molecule has 146 valence electrons. The van der Waals surface area contributed by atoms with Crippen molar-refractivity contribution in [3.63, 3.8) is 0 Å². The van der Waals surface area contributed by atoms with Gasteiger partial charge in [-0.1, -0.05) is 6.92 Å². The lowest BCUT2D eigenvalue weighted by Gasteiger charge is -2.53. The second-order valence-electron chi connectivity index (χ2n) is 8.66. The zero-order chi connectivity index (χ0) is 19.1. The van der Waals surface area contributed by atoms with Crippen molar-refractivity contribution in [2.24, 2.45) is 0 Å². The predicted molar refractivity (Wildman–Crippen MR) is 96.5 cm³/mol. The minimum absolute atomic E-state index is 0.0509. The molecular weight excluding hydrogens is 334 g/mol. The first-order valence-corrected chi connectivity index (χ1v) is 9.80. The van der Waals surface area contributed by atoms with Gasteiger partial charge < -0.3 is 14.5 Å². The number of likely N-dealkylation sites (tertiary alicyclic amines) is 3. The minimum Gasteiger partial charge on any atom is -0.444 e. The van der Waals surface area contributed by atoms with E-state index in [4.69, 9.17) is 4.74 Å². The highest BCUT2D eigenvalue weighted by atomic mass is 16.6. The van der Waals surface area contributed by atoms with Crippen molar-refractivity contribution in [1.82, 2.24) is 14.7 Å². The Labute approximate surface area is 155 Å². The van der Waals surface area contributed by atoms with Crippen LogP contribution in [-0.4, -0.2) is 76.0 Å². The van der Waals surface area contributed by atoms with Crippen LogP contribution in [0.5, 0.6) is 0 Å². The van der Waals surface area contributed by atoms with Crippen LogP contribution in [0.1, 0.15) is 59.8 Å². The van der Waals surface area contributed by atoms with E-state index >= 15 is 0 Å². The molecule has 3 heterocycles. The van der Waals surface area contributed by atoms with E-state index in [0.717, 1.165) is 32.4 Å². The van der Waals surface area contributed by atoms with Gasteiger partial charge in [-0.2, -0.15) is 0 Å². The molecule has 7 nitrogen and oxygen atoms in total. The monoisotopic (exact) mass is 365 g/mol. The molecule has 0 aliphatic carbocycles. The first-order valence-electron chi connectivity index (χ1n) is 9.80. The molecule has 3 saturated heterocycles. The Bertz CT molecular complexity index is 594. The molecule has 3 amide bonds. The normalized spacial score (nSPS) is 27.1. The fourth-order valence-corrected chi connectivity index (χ4v) is 4.37. The van der Waals surface area contributed by atoms with Gasteiger partial charge >= 0.3 is 6.09 Å². The number of rotatable bonds is 3. The van der Waals surface area contributed by atoms with Crippen molar-refractivity contribution in [3.05, 3.63) is 0 Å². The van der Waals surface area contributed by atoms with Gasteiger partial charge in [0.05, 0.1) is 6.54 Å². The fraction of sp³-hybridized carbons (Fsp3) is 0.842. The summed E-state index contributed by atoms with van der Waals surface area (Å²) in [6, 6.07) is -0.410. The number of amides is 3. The summed E-state index contributed by atoms with van der Waals surface area (Å²) in [7, 11) is 0. The molecule has 0 radical (unpaired) electrons. The first kappa shape index (κ1) is 19.0. The highest BCUT2D eigenvalue weighted by Crippen LogP contribution is 2.41. The third kappa shape index (κ3) is 3.16. The largest absolute Gasteiger partial charge is 0.444 e. The summed E-state index contributed by atoms with van der Waals surface area (Å²) in [5.74, 6) is -0.0460. The molecule has 0 bridgehead atoms. The third-order valence-electron chi connectivity index (χ3n) is 5.66. The lowest BCUT2D eigenvalue weighted by atomic mass is 9.83. The zero-order valence-corrected chi connectivity index (χ0v) is 16.4. The van der Waals surface area contributed by atoms with E-state index in [1.807, 2.05) is 32.6 Å². The predicted octanol–water partition coefficient (Wildman–Crippen LogP) is 2.00. The molecule has 0 aromatic carbocycles. The topological polar surface area (TPSA) is 70.2 Å². The Morgan fingerprint density at radius 2 is 1.81 bits per heavy atom. The van der Waals surface area contributed by atoms with E-state index in [1.165, 1.54) is 0 Å². The molecule has 3 rings (SSSR count). The lowest BCUT2D eigenvalue weighted by molar-refractivity contribution is -0.169. The van der Waals surface area contributed by atoms with E-state index < -0.39 is 23.3 Å². The number of nitrogens with zero attached hydrogens (tertiary/aromatic N) is 3. The molecule has 1 unspecified atom stereocenters. The van der Waals surface area contributed by atoms with Crippen LogP contribution in [0.4, 0.5) is 4.79 Å². The molecule has 2 atom stereocenters. The van der Waals surface area contributed by atoms with Crippen molar-refractivity contribution < 1.29 is 19.1 Å². The number of β-lactam (4-membered cyclic amide) rings is 1. The fourth-order valence-electron chi connectivity index (χ4n) is 4.37. The van der Waals surface area contributed by atoms with Crippen LogP contribution in [0.3, 0.4) is 0 Å². The molecule has 3 aliphatic rings. The maximum Gasteiger partial charge on any atom is 0.411 e. The van der Waals surface area contributed by atoms with Crippen LogP contribution in [0.2, 0.25) is 0 Å². The first-order chi connectivity index (χ1) is 12.2. The molecule has 0 aromatic heterocycles. The van der Waals surface area contributed by atoms with Gasteiger partial charge in [0, 0.05) is 19.6 Å². The summed E-state index contributed by atoms with van der Waals surface area (Å²) in [5.41, 5.74) is -1.40. The number of hydrogen-bond acceptors (Lipinski definition) is 4. The van der Waals surface area contributed by atoms with Gasteiger partial charge in [-0.05, 0) is 52.9 Å². The van der Waals surface area contributed by atoms with E-state index in [1.54, 1.807) is 9.80 Å². The van der Waals surface area contributed by atoms with Gasteiger partial charge in [-0.15, -0.1) is 0 Å². The van der Waals surface area contributed by atoms with Crippen LogP contribution in [0.25, 0.3) is 0 Å². The summed E-state index contributed by atoms with van der Waals surface area (Å²) in [6.07, 6.45) is 3.68. The summed E-state index contributed by atoms with van der Waals surface area (Å²) >= 11 is 0. The van der Waals surface area contributed by atoms with Gasteiger partial charge in [0.15, 0.2) is 0 Å². The van der Waals surface area contributed by atoms with Gasteiger partial charge in [0.1, 0.15) is 17.2 Å². The molecule has 26 heavy (non-hydrogen) atoms. The molecule has 3 aliphatic heterocycles. The Morgan fingerprint density at radius 3 is 2.35 bits per heavy atom. The Balaban J connectivity index is 1.71. The molecule has 0 N–H and O–H groups in total. The standard InChI is InChI=1S/C19H31N3O4/c1-5-14(15(23)20-10-6-7-11-20)21-13-19(16(21)24)9-8-12-22(19)17(25)26-18(2,3)4/h14H,5-13H2,1-4H3/t14-,19?/m0/s1. The van der Waals surface area contributed by atoms with Gasteiger partial charge in [-0.25, -0.2) is 4.79 Å². The van der Waals surface area contributed by atoms with Crippen LogP contribution < -0.4 is 0 Å².